The van der Waals surface area contributed by atoms with E-state index in [2.05, 4.69) is 19.9 Å². The van der Waals surface area contributed by atoms with Crippen LogP contribution in [-0.4, -0.2) is 36.9 Å². The highest BCUT2D eigenvalue weighted by Gasteiger charge is 2.24. The minimum absolute atomic E-state index is 0.383. The number of likely N-dealkylation sites (tertiary alicyclic amines) is 1. The van der Waals surface area contributed by atoms with Crippen molar-refractivity contribution < 1.29 is 14.7 Å². The topological polar surface area (TPSA) is 33.9 Å². The summed E-state index contributed by atoms with van der Waals surface area (Å²) in [6.45, 7) is 8.78. The molecule has 0 spiro atoms. The Morgan fingerprint density at radius 3 is 2.85 bits per heavy atom. The van der Waals surface area contributed by atoms with E-state index in [0.717, 1.165) is 17.9 Å². The van der Waals surface area contributed by atoms with Gasteiger partial charge in [-0.2, -0.15) is 0 Å². The Kier molecular flexibility index (Phi) is 5.44. The first kappa shape index (κ1) is 15.3. The van der Waals surface area contributed by atoms with Crippen molar-refractivity contribution in [1.29, 1.82) is 0 Å². The lowest BCUT2D eigenvalue weighted by Crippen LogP contribution is -3.17. The molecule has 1 unspecified atom stereocenters. The average molecular weight is 278 g/mol. The van der Waals surface area contributed by atoms with E-state index in [1.807, 2.05) is 19.1 Å². The van der Waals surface area contributed by atoms with E-state index in [-0.39, 0.29) is 6.10 Å². The van der Waals surface area contributed by atoms with E-state index in [1.54, 1.807) is 0 Å². The number of ether oxygens (including phenoxy) is 1. The number of aliphatic hydroxyl groups excluding tert-OH is 1. The lowest BCUT2D eigenvalue weighted by Gasteiger charge is -2.31. The number of rotatable bonds is 5. The zero-order valence-electron chi connectivity index (χ0n) is 13.0. The third kappa shape index (κ3) is 4.22. The monoisotopic (exact) mass is 278 g/mol. The molecule has 2 rings (SSSR count). The molecule has 3 nitrogen and oxygen atoms in total. The zero-order valence-corrected chi connectivity index (χ0v) is 13.0. The summed E-state index contributed by atoms with van der Waals surface area (Å²) < 4.78 is 5.77. The van der Waals surface area contributed by atoms with Crippen molar-refractivity contribution in [2.45, 2.75) is 52.2 Å². The fourth-order valence-corrected chi connectivity index (χ4v) is 3.07. The van der Waals surface area contributed by atoms with Crippen LogP contribution in [0, 0.1) is 13.8 Å². The van der Waals surface area contributed by atoms with Crippen molar-refractivity contribution in [2.24, 2.45) is 0 Å². The molecule has 0 bridgehead atoms. The van der Waals surface area contributed by atoms with Gasteiger partial charge in [-0.15, -0.1) is 0 Å². The van der Waals surface area contributed by atoms with Crippen LogP contribution in [0.5, 0.6) is 5.75 Å². The number of hydrogen-bond donors (Lipinski definition) is 2. The maximum absolute atomic E-state index is 10.2. The highest BCUT2D eigenvalue weighted by Crippen LogP contribution is 2.18. The summed E-state index contributed by atoms with van der Waals surface area (Å²) in [4.78, 5) is 1.52. The lowest BCUT2D eigenvalue weighted by molar-refractivity contribution is -0.931. The molecule has 1 aromatic rings. The molecule has 1 aliphatic rings. The number of hydrogen-bond acceptors (Lipinski definition) is 2. The van der Waals surface area contributed by atoms with E-state index in [1.165, 1.54) is 36.3 Å². The van der Waals surface area contributed by atoms with Crippen LogP contribution in [0.1, 0.15) is 37.3 Å². The zero-order chi connectivity index (χ0) is 14.5. The van der Waals surface area contributed by atoms with Crippen LogP contribution in [-0.2, 0) is 0 Å². The van der Waals surface area contributed by atoms with Gasteiger partial charge < -0.3 is 14.7 Å². The van der Waals surface area contributed by atoms with Crippen molar-refractivity contribution in [2.75, 3.05) is 19.7 Å². The summed E-state index contributed by atoms with van der Waals surface area (Å²) in [7, 11) is 0. The van der Waals surface area contributed by atoms with E-state index in [9.17, 15) is 5.11 Å². The number of quaternary nitrogens is 1. The Morgan fingerprint density at radius 2 is 2.15 bits per heavy atom. The first-order chi connectivity index (χ1) is 9.56. The molecule has 1 aliphatic heterocycles. The molecule has 0 radical (unpaired) electrons. The molecule has 0 saturated carbocycles. The van der Waals surface area contributed by atoms with Crippen LogP contribution >= 0.6 is 0 Å². The van der Waals surface area contributed by atoms with Gasteiger partial charge in [-0.05, 0) is 51.7 Å². The van der Waals surface area contributed by atoms with Crippen LogP contribution in [0.3, 0.4) is 0 Å². The molecule has 3 heteroatoms. The Hall–Kier alpha value is -1.06. The molecular weight excluding hydrogens is 250 g/mol. The molecule has 0 aliphatic carbocycles. The molecule has 0 aromatic heterocycles. The maximum Gasteiger partial charge on any atom is 0.137 e. The third-order valence-electron chi connectivity index (χ3n) is 4.34. The van der Waals surface area contributed by atoms with Crippen LogP contribution in [0.2, 0.25) is 0 Å². The molecule has 1 saturated heterocycles. The Balaban J connectivity index is 1.81. The molecule has 112 valence electrons. The van der Waals surface area contributed by atoms with Crippen molar-refractivity contribution in [1.82, 2.24) is 0 Å². The Morgan fingerprint density at radius 1 is 1.35 bits per heavy atom. The first-order valence-electron chi connectivity index (χ1n) is 7.79. The van der Waals surface area contributed by atoms with E-state index in [0.29, 0.717) is 12.6 Å². The quantitative estimate of drug-likeness (QED) is 0.856. The molecule has 1 aromatic carbocycles. The molecule has 1 fully saturated rings. The minimum atomic E-state index is -0.383. The molecule has 20 heavy (non-hydrogen) atoms. The molecule has 1 heterocycles. The number of aliphatic hydroxyl groups is 1. The van der Waals surface area contributed by atoms with Gasteiger partial charge in [-0.25, -0.2) is 0 Å². The largest absolute Gasteiger partial charge is 0.490 e. The Labute approximate surface area is 122 Å². The van der Waals surface area contributed by atoms with E-state index < -0.39 is 0 Å². The molecule has 2 N–H and O–H groups in total. The van der Waals surface area contributed by atoms with Crippen LogP contribution in [0.15, 0.2) is 18.2 Å². The Bertz CT molecular complexity index is 433. The SMILES string of the molecule is Cc1ccc(OC[C@@H](O)C[NH+]2CCCC[C@@H]2C)c(C)c1. The van der Waals surface area contributed by atoms with Crippen LogP contribution in [0.25, 0.3) is 0 Å². The van der Waals surface area contributed by atoms with Gasteiger partial charge >= 0.3 is 0 Å². The summed E-state index contributed by atoms with van der Waals surface area (Å²) in [5, 5.41) is 10.2. The first-order valence-corrected chi connectivity index (χ1v) is 7.79. The predicted molar refractivity (Wildman–Crippen MR) is 81.4 cm³/mol. The van der Waals surface area contributed by atoms with Gasteiger partial charge in [0.25, 0.3) is 0 Å². The van der Waals surface area contributed by atoms with Crippen molar-refractivity contribution in [3.05, 3.63) is 29.3 Å². The maximum atomic E-state index is 10.2. The standard InChI is InChI=1S/C17H27NO2/c1-13-7-8-17(14(2)10-13)20-12-16(19)11-18-9-5-4-6-15(18)3/h7-8,10,15-16,19H,4-6,9,11-12H2,1-3H3/p+1/t15-,16-/m0/s1. The third-order valence-corrected chi connectivity index (χ3v) is 4.34. The lowest BCUT2D eigenvalue weighted by atomic mass is 10.0. The summed E-state index contributed by atoms with van der Waals surface area (Å²) >= 11 is 0. The van der Waals surface area contributed by atoms with Crippen LogP contribution < -0.4 is 9.64 Å². The van der Waals surface area contributed by atoms with Gasteiger partial charge in [-0.3, -0.25) is 0 Å². The number of benzene rings is 1. The fourth-order valence-electron chi connectivity index (χ4n) is 3.07. The van der Waals surface area contributed by atoms with Gasteiger partial charge in [-0.1, -0.05) is 17.7 Å². The normalized spacial score (nSPS) is 24.4. The summed E-state index contributed by atoms with van der Waals surface area (Å²) in [6, 6.07) is 6.82. The highest BCUT2D eigenvalue weighted by molar-refractivity contribution is 5.35. The molecule has 3 atom stereocenters. The summed E-state index contributed by atoms with van der Waals surface area (Å²) in [5.74, 6) is 0.886. The van der Waals surface area contributed by atoms with Crippen molar-refractivity contribution >= 4 is 0 Å². The van der Waals surface area contributed by atoms with Crippen LogP contribution in [0.4, 0.5) is 0 Å². The minimum Gasteiger partial charge on any atom is -0.490 e. The second-order valence-electron chi connectivity index (χ2n) is 6.24. The number of piperidine rings is 1. The number of aryl methyl sites for hydroxylation is 2. The van der Waals surface area contributed by atoms with Gasteiger partial charge in [0.15, 0.2) is 0 Å². The van der Waals surface area contributed by atoms with Crippen molar-refractivity contribution in [3.8, 4) is 5.75 Å². The van der Waals surface area contributed by atoms with Crippen molar-refractivity contribution in [3.63, 3.8) is 0 Å². The summed E-state index contributed by atoms with van der Waals surface area (Å²) in [6.07, 6.45) is 3.51. The van der Waals surface area contributed by atoms with Gasteiger partial charge in [0.2, 0.25) is 0 Å². The predicted octanol–water partition coefficient (Wildman–Crippen LogP) is 1.50. The highest BCUT2D eigenvalue weighted by atomic mass is 16.5. The van der Waals surface area contributed by atoms with Gasteiger partial charge in [0.05, 0.1) is 12.6 Å². The average Bonchev–Trinajstić information content (AvgIpc) is 2.40. The number of nitrogens with one attached hydrogen (secondary N) is 1. The van der Waals surface area contributed by atoms with E-state index >= 15 is 0 Å². The molecular formula is C17H28NO2+. The van der Waals surface area contributed by atoms with E-state index in [4.69, 9.17) is 4.74 Å². The summed E-state index contributed by atoms with van der Waals surface area (Å²) in [5.41, 5.74) is 2.37. The second kappa shape index (κ2) is 7.09. The smallest absolute Gasteiger partial charge is 0.137 e. The second-order valence-corrected chi connectivity index (χ2v) is 6.24. The van der Waals surface area contributed by atoms with Gasteiger partial charge in [0, 0.05) is 0 Å². The van der Waals surface area contributed by atoms with Gasteiger partial charge in [0.1, 0.15) is 25.0 Å². The fraction of sp³-hybridized carbons (Fsp3) is 0.647. The molecule has 0 amide bonds.